The van der Waals surface area contributed by atoms with E-state index >= 15 is 0 Å². The second-order valence-electron chi connectivity index (χ2n) is 14.2. The fourth-order valence-electron chi connectivity index (χ4n) is 8.87. The van der Waals surface area contributed by atoms with Crippen LogP contribution in [0.2, 0.25) is 0 Å². The van der Waals surface area contributed by atoms with Crippen LogP contribution in [-0.2, 0) is 0 Å². The Balaban J connectivity index is 1.14. The van der Waals surface area contributed by atoms with Gasteiger partial charge in [-0.15, -0.1) is 0 Å². The Kier molecular flexibility index (Phi) is 6.02. The van der Waals surface area contributed by atoms with Crippen molar-refractivity contribution >= 4 is 70.9 Å². The van der Waals surface area contributed by atoms with Crippen LogP contribution in [0.25, 0.3) is 110 Å². The highest BCUT2D eigenvalue weighted by atomic mass is 15.1. The molecule has 54 heavy (non-hydrogen) atoms. The molecular weight excluding hydrogens is 657 g/mol. The average molecular weight is 687 g/mol. The fraction of sp³-hybridized carbons (Fsp3) is 0. The standard InChI is InChI=1S/C50H30N4/c1-2-12-31(13-3-1)34-14-10-15-35(30-34)32-24-26-33(27-25-32)48-50(52-41-20-7-6-19-40(41)51-48)54-44-23-11-18-38-36-16-4-8-21-42(36)53-43-22-9-5-17-37(43)39-28-29-45(54)47(46(38)44)49(39)53/h1-30H. The SMILES string of the molecule is c1ccc(-c2cccc(-c3ccc(-c4nc5ccccc5nc4-n4c5cccc6c7ccccc7n7c8ccccc8c8ccc4c(c65)c87)cc3)c2)cc1. The van der Waals surface area contributed by atoms with E-state index in [0.717, 1.165) is 44.7 Å². The zero-order chi connectivity index (χ0) is 35.3. The van der Waals surface area contributed by atoms with Crippen LogP contribution in [0.3, 0.4) is 0 Å². The highest BCUT2D eigenvalue weighted by molar-refractivity contribution is 6.33. The number of hydrogen-bond acceptors (Lipinski definition) is 2. The molecule has 0 spiro atoms. The Morgan fingerprint density at radius 3 is 1.63 bits per heavy atom. The summed E-state index contributed by atoms with van der Waals surface area (Å²) in [7, 11) is 0. The van der Waals surface area contributed by atoms with Crippen LogP contribution in [-0.4, -0.2) is 18.9 Å². The summed E-state index contributed by atoms with van der Waals surface area (Å²) in [6.45, 7) is 0. The monoisotopic (exact) mass is 686 g/mol. The maximum atomic E-state index is 5.45. The van der Waals surface area contributed by atoms with Crippen molar-refractivity contribution in [1.29, 1.82) is 0 Å². The predicted molar refractivity (Wildman–Crippen MR) is 225 cm³/mol. The molecule has 4 nitrogen and oxygen atoms in total. The molecule has 250 valence electrons. The lowest BCUT2D eigenvalue weighted by Gasteiger charge is -2.14. The molecule has 0 atom stereocenters. The number of benzene rings is 8. The molecule has 0 radical (unpaired) electrons. The van der Waals surface area contributed by atoms with Crippen molar-refractivity contribution in [2.24, 2.45) is 0 Å². The first-order chi connectivity index (χ1) is 26.8. The fourth-order valence-corrected chi connectivity index (χ4v) is 8.87. The highest BCUT2D eigenvalue weighted by Gasteiger charge is 2.25. The summed E-state index contributed by atoms with van der Waals surface area (Å²) in [6.07, 6.45) is 0. The van der Waals surface area contributed by atoms with E-state index in [1.54, 1.807) is 0 Å². The van der Waals surface area contributed by atoms with Crippen molar-refractivity contribution in [2.45, 2.75) is 0 Å². The Morgan fingerprint density at radius 1 is 0.333 bits per heavy atom. The van der Waals surface area contributed by atoms with E-state index < -0.39 is 0 Å². The van der Waals surface area contributed by atoms with Crippen LogP contribution in [0.4, 0.5) is 0 Å². The smallest absolute Gasteiger partial charge is 0.165 e. The van der Waals surface area contributed by atoms with E-state index in [2.05, 4.69) is 179 Å². The Hall–Kier alpha value is -7.30. The first kappa shape index (κ1) is 29.3. The predicted octanol–water partition coefficient (Wildman–Crippen LogP) is 12.9. The van der Waals surface area contributed by atoms with E-state index in [-0.39, 0.29) is 0 Å². The molecule has 0 fully saturated rings. The van der Waals surface area contributed by atoms with Crippen molar-refractivity contribution < 1.29 is 0 Å². The molecule has 0 amide bonds. The third kappa shape index (κ3) is 4.08. The lowest BCUT2D eigenvalue weighted by Crippen LogP contribution is -2.03. The maximum Gasteiger partial charge on any atom is 0.165 e. The van der Waals surface area contributed by atoms with Crippen LogP contribution in [0.1, 0.15) is 0 Å². The topological polar surface area (TPSA) is 35.1 Å². The van der Waals surface area contributed by atoms with E-state index in [1.807, 2.05) is 12.1 Å². The summed E-state index contributed by atoms with van der Waals surface area (Å²) < 4.78 is 4.83. The van der Waals surface area contributed by atoms with Gasteiger partial charge < -0.3 is 4.40 Å². The average Bonchev–Trinajstić information content (AvgIpc) is 3.72. The Labute approximate surface area is 310 Å². The van der Waals surface area contributed by atoms with Gasteiger partial charge in [-0.05, 0) is 70.1 Å². The van der Waals surface area contributed by atoms with Crippen molar-refractivity contribution in [3.63, 3.8) is 0 Å². The van der Waals surface area contributed by atoms with Gasteiger partial charge in [0.2, 0.25) is 0 Å². The van der Waals surface area contributed by atoms with Gasteiger partial charge in [-0.2, -0.15) is 0 Å². The van der Waals surface area contributed by atoms with Gasteiger partial charge in [0.05, 0.1) is 38.6 Å². The molecule has 4 heteroatoms. The molecule has 0 saturated carbocycles. The summed E-state index contributed by atoms with van der Waals surface area (Å²) in [5.41, 5.74) is 14.2. The molecule has 0 unspecified atom stereocenters. The number of para-hydroxylation sites is 4. The maximum absolute atomic E-state index is 5.45. The van der Waals surface area contributed by atoms with Gasteiger partial charge in [0.25, 0.3) is 0 Å². The zero-order valence-electron chi connectivity index (χ0n) is 29.1. The molecule has 0 N–H and O–H groups in total. The Morgan fingerprint density at radius 2 is 0.870 bits per heavy atom. The molecule has 0 bridgehead atoms. The second-order valence-corrected chi connectivity index (χ2v) is 14.2. The minimum absolute atomic E-state index is 0.820. The molecule has 0 aliphatic carbocycles. The van der Waals surface area contributed by atoms with Crippen molar-refractivity contribution in [3.8, 4) is 39.3 Å². The zero-order valence-corrected chi connectivity index (χ0v) is 29.1. The number of nitrogens with zero attached hydrogens (tertiary/aromatic N) is 4. The van der Waals surface area contributed by atoms with Crippen molar-refractivity contribution in [3.05, 3.63) is 182 Å². The summed E-state index contributed by atoms with van der Waals surface area (Å²) in [5, 5.41) is 7.43. The van der Waals surface area contributed by atoms with Crippen LogP contribution in [0, 0.1) is 0 Å². The van der Waals surface area contributed by atoms with Gasteiger partial charge in [0, 0.05) is 32.5 Å². The quantitative estimate of drug-likeness (QED) is 0.185. The van der Waals surface area contributed by atoms with E-state index in [0.29, 0.717) is 0 Å². The normalized spacial score (nSPS) is 12.1. The number of hydrogen-bond donors (Lipinski definition) is 0. The van der Waals surface area contributed by atoms with Crippen LogP contribution < -0.4 is 0 Å². The number of rotatable bonds is 4. The minimum atomic E-state index is 0.820. The molecule has 4 heterocycles. The van der Waals surface area contributed by atoms with Gasteiger partial charge in [0.1, 0.15) is 5.69 Å². The van der Waals surface area contributed by atoms with Crippen molar-refractivity contribution in [1.82, 2.24) is 18.9 Å². The lowest BCUT2D eigenvalue weighted by molar-refractivity contribution is 1.08. The summed E-state index contributed by atoms with van der Waals surface area (Å²) in [5.74, 6) is 0.820. The molecule has 12 rings (SSSR count). The molecule has 0 saturated heterocycles. The van der Waals surface area contributed by atoms with Crippen LogP contribution >= 0.6 is 0 Å². The van der Waals surface area contributed by atoms with Gasteiger partial charge in [-0.3, -0.25) is 4.57 Å². The minimum Gasteiger partial charge on any atom is -0.308 e. The summed E-state index contributed by atoms with van der Waals surface area (Å²) >= 11 is 0. The second kappa shape index (κ2) is 11.1. The summed E-state index contributed by atoms with van der Waals surface area (Å²) in [6, 6.07) is 65.2. The molecule has 8 aromatic carbocycles. The largest absolute Gasteiger partial charge is 0.308 e. The molecule has 0 aliphatic rings. The third-order valence-corrected chi connectivity index (χ3v) is 11.2. The first-order valence-corrected chi connectivity index (χ1v) is 18.4. The van der Waals surface area contributed by atoms with E-state index in [1.165, 1.54) is 65.6 Å². The van der Waals surface area contributed by atoms with Crippen LogP contribution in [0.5, 0.6) is 0 Å². The molecule has 4 aromatic heterocycles. The molecule has 12 aromatic rings. The molecular formula is C50H30N4. The third-order valence-electron chi connectivity index (χ3n) is 11.2. The Bertz CT molecular complexity index is 3430. The van der Waals surface area contributed by atoms with Crippen molar-refractivity contribution in [2.75, 3.05) is 0 Å². The van der Waals surface area contributed by atoms with Gasteiger partial charge in [-0.25, -0.2) is 9.97 Å². The van der Waals surface area contributed by atoms with E-state index in [4.69, 9.17) is 9.97 Å². The number of aromatic nitrogens is 4. The van der Waals surface area contributed by atoms with Gasteiger partial charge in [0.15, 0.2) is 5.82 Å². The highest BCUT2D eigenvalue weighted by Crippen LogP contribution is 2.46. The number of fused-ring (bicyclic) bond motifs is 7. The lowest BCUT2D eigenvalue weighted by atomic mass is 9.98. The van der Waals surface area contributed by atoms with E-state index in [9.17, 15) is 0 Å². The summed E-state index contributed by atoms with van der Waals surface area (Å²) in [4.78, 5) is 10.8. The molecule has 0 aliphatic heterocycles. The van der Waals surface area contributed by atoms with Crippen LogP contribution in [0.15, 0.2) is 182 Å². The van der Waals surface area contributed by atoms with Gasteiger partial charge >= 0.3 is 0 Å². The van der Waals surface area contributed by atoms with Gasteiger partial charge in [-0.1, -0.05) is 140 Å². The first-order valence-electron chi connectivity index (χ1n) is 18.4.